The van der Waals surface area contributed by atoms with Crippen LogP contribution in [0.2, 0.25) is 0 Å². The van der Waals surface area contributed by atoms with Crippen LogP contribution in [0.15, 0.2) is 18.3 Å². The molecule has 0 aliphatic carbocycles. The number of pyridine rings is 1. The standard InChI is InChI=1S/C13H16F3N3S/c14-13(15,16)12-7-10(1-2-17-12)19-8-11(9-19)18-3-5-20-6-4-18/h1-2,7,11H,3-6,8-9H2. The Bertz CT molecular complexity index is 468. The van der Waals surface area contributed by atoms with E-state index in [1.54, 1.807) is 6.07 Å². The Hall–Kier alpha value is -0.950. The minimum Gasteiger partial charge on any atom is -0.368 e. The molecule has 0 radical (unpaired) electrons. The fraction of sp³-hybridized carbons (Fsp3) is 0.615. The lowest BCUT2D eigenvalue weighted by molar-refractivity contribution is -0.141. The van der Waals surface area contributed by atoms with Crippen molar-refractivity contribution < 1.29 is 13.2 Å². The molecule has 7 heteroatoms. The molecule has 2 fully saturated rings. The van der Waals surface area contributed by atoms with Gasteiger partial charge in [0.25, 0.3) is 0 Å². The monoisotopic (exact) mass is 303 g/mol. The first kappa shape index (κ1) is 14.0. The first-order chi connectivity index (χ1) is 9.54. The number of rotatable bonds is 2. The lowest BCUT2D eigenvalue weighted by Crippen LogP contribution is -2.61. The normalized spacial score (nSPS) is 21.9. The highest BCUT2D eigenvalue weighted by Gasteiger charge is 2.36. The summed E-state index contributed by atoms with van der Waals surface area (Å²) in [5.74, 6) is 2.31. The van der Waals surface area contributed by atoms with Crippen LogP contribution in [0, 0.1) is 0 Å². The van der Waals surface area contributed by atoms with Crippen molar-refractivity contribution in [3.05, 3.63) is 24.0 Å². The summed E-state index contributed by atoms with van der Waals surface area (Å²) in [4.78, 5) is 7.83. The Kier molecular flexibility index (Phi) is 3.81. The summed E-state index contributed by atoms with van der Waals surface area (Å²) in [6.07, 6.45) is -3.13. The van der Waals surface area contributed by atoms with Crippen molar-refractivity contribution in [1.29, 1.82) is 0 Å². The smallest absolute Gasteiger partial charge is 0.368 e. The molecule has 0 atom stereocenters. The number of alkyl halides is 3. The third kappa shape index (κ3) is 2.88. The highest BCUT2D eigenvalue weighted by Crippen LogP contribution is 2.31. The minimum absolute atomic E-state index is 0.485. The Morgan fingerprint density at radius 3 is 2.55 bits per heavy atom. The van der Waals surface area contributed by atoms with Crippen molar-refractivity contribution in [2.75, 3.05) is 42.6 Å². The van der Waals surface area contributed by atoms with Gasteiger partial charge in [-0.2, -0.15) is 24.9 Å². The van der Waals surface area contributed by atoms with Gasteiger partial charge in [0.1, 0.15) is 5.69 Å². The van der Waals surface area contributed by atoms with E-state index in [1.807, 2.05) is 16.7 Å². The van der Waals surface area contributed by atoms with Gasteiger partial charge in [0, 0.05) is 55.6 Å². The van der Waals surface area contributed by atoms with E-state index in [0.717, 1.165) is 43.8 Å². The number of hydrogen-bond acceptors (Lipinski definition) is 4. The van der Waals surface area contributed by atoms with E-state index in [4.69, 9.17) is 0 Å². The fourth-order valence-electron chi connectivity index (χ4n) is 2.61. The zero-order chi connectivity index (χ0) is 14.2. The second-order valence-electron chi connectivity index (χ2n) is 5.10. The van der Waals surface area contributed by atoms with E-state index in [-0.39, 0.29) is 0 Å². The molecular weight excluding hydrogens is 287 g/mol. The number of halogens is 3. The van der Waals surface area contributed by atoms with Gasteiger partial charge >= 0.3 is 6.18 Å². The van der Waals surface area contributed by atoms with Crippen molar-refractivity contribution in [2.24, 2.45) is 0 Å². The molecule has 3 nitrogen and oxygen atoms in total. The van der Waals surface area contributed by atoms with Crippen molar-refractivity contribution >= 4 is 17.4 Å². The quantitative estimate of drug-likeness (QED) is 0.835. The molecule has 0 unspecified atom stereocenters. The summed E-state index contributed by atoms with van der Waals surface area (Å²) in [5.41, 5.74) is -0.192. The highest BCUT2D eigenvalue weighted by molar-refractivity contribution is 7.99. The van der Waals surface area contributed by atoms with Crippen LogP contribution in [0.1, 0.15) is 5.69 Å². The number of hydrogen-bond donors (Lipinski definition) is 0. The lowest BCUT2D eigenvalue weighted by Gasteiger charge is -2.47. The Morgan fingerprint density at radius 2 is 1.90 bits per heavy atom. The van der Waals surface area contributed by atoms with Gasteiger partial charge in [0.2, 0.25) is 0 Å². The fourth-order valence-corrected chi connectivity index (χ4v) is 3.54. The van der Waals surface area contributed by atoms with Crippen molar-refractivity contribution in [3.63, 3.8) is 0 Å². The van der Waals surface area contributed by atoms with Crippen LogP contribution in [-0.2, 0) is 6.18 Å². The average Bonchev–Trinajstić information content (AvgIpc) is 2.38. The SMILES string of the molecule is FC(F)(F)c1cc(N2CC(N3CCSCC3)C2)ccn1. The summed E-state index contributed by atoms with van der Waals surface area (Å²) in [6, 6.07) is 3.28. The summed E-state index contributed by atoms with van der Waals surface area (Å²) >= 11 is 1.96. The molecule has 0 spiro atoms. The zero-order valence-electron chi connectivity index (χ0n) is 10.9. The average molecular weight is 303 g/mol. The van der Waals surface area contributed by atoms with Crippen LogP contribution in [0.4, 0.5) is 18.9 Å². The van der Waals surface area contributed by atoms with Crippen LogP contribution in [-0.4, -0.2) is 53.6 Å². The first-order valence-electron chi connectivity index (χ1n) is 6.64. The predicted octanol–water partition coefficient (Wildman–Crippen LogP) is 2.34. The topological polar surface area (TPSA) is 19.4 Å². The second-order valence-corrected chi connectivity index (χ2v) is 6.33. The summed E-state index contributed by atoms with van der Waals surface area (Å²) in [5, 5.41) is 0. The maximum atomic E-state index is 12.6. The Balaban J connectivity index is 1.62. The molecule has 0 amide bonds. The van der Waals surface area contributed by atoms with Gasteiger partial charge in [0.05, 0.1) is 0 Å². The molecule has 0 aromatic carbocycles. The molecule has 2 saturated heterocycles. The van der Waals surface area contributed by atoms with Crippen LogP contribution in [0.5, 0.6) is 0 Å². The number of anilines is 1. The Labute approximate surface area is 120 Å². The van der Waals surface area contributed by atoms with E-state index in [1.165, 1.54) is 6.20 Å². The molecule has 0 saturated carbocycles. The van der Waals surface area contributed by atoms with Crippen LogP contribution in [0.25, 0.3) is 0 Å². The third-order valence-corrected chi connectivity index (χ3v) is 4.77. The number of nitrogens with zero attached hydrogens (tertiary/aromatic N) is 3. The van der Waals surface area contributed by atoms with E-state index in [2.05, 4.69) is 9.88 Å². The molecule has 2 aliphatic rings. The van der Waals surface area contributed by atoms with E-state index in [0.29, 0.717) is 11.7 Å². The summed E-state index contributed by atoms with van der Waals surface area (Å²) in [6.45, 7) is 3.80. The van der Waals surface area contributed by atoms with Gasteiger partial charge < -0.3 is 4.90 Å². The van der Waals surface area contributed by atoms with Gasteiger partial charge in [-0.15, -0.1) is 0 Å². The van der Waals surface area contributed by atoms with E-state index in [9.17, 15) is 13.2 Å². The van der Waals surface area contributed by atoms with Gasteiger partial charge in [-0.05, 0) is 12.1 Å². The summed E-state index contributed by atoms with van der Waals surface area (Å²) < 4.78 is 37.9. The van der Waals surface area contributed by atoms with E-state index < -0.39 is 11.9 Å². The second kappa shape index (κ2) is 5.44. The molecular formula is C13H16F3N3S. The van der Waals surface area contributed by atoms with Gasteiger partial charge in [-0.1, -0.05) is 0 Å². The van der Waals surface area contributed by atoms with Gasteiger partial charge in [-0.25, -0.2) is 0 Å². The minimum atomic E-state index is -4.37. The predicted molar refractivity (Wildman–Crippen MR) is 74.1 cm³/mol. The molecule has 110 valence electrons. The zero-order valence-corrected chi connectivity index (χ0v) is 11.8. The Morgan fingerprint density at radius 1 is 1.20 bits per heavy atom. The summed E-state index contributed by atoms with van der Waals surface area (Å²) in [7, 11) is 0. The molecule has 1 aromatic heterocycles. The van der Waals surface area contributed by atoms with Gasteiger partial charge in [-0.3, -0.25) is 9.88 Å². The molecule has 0 bridgehead atoms. The maximum absolute atomic E-state index is 12.6. The molecule has 2 aliphatic heterocycles. The van der Waals surface area contributed by atoms with Gasteiger partial charge in [0.15, 0.2) is 0 Å². The highest BCUT2D eigenvalue weighted by atomic mass is 32.2. The molecule has 1 aromatic rings. The first-order valence-corrected chi connectivity index (χ1v) is 7.79. The molecule has 20 heavy (non-hydrogen) atoms. The van der Waals surface area contributed by atoms with E-state index >= 15 is 0 Å². The molecule has 3 rings (SSSR count). The largest absolute Gasteiger partial charge is 0.433 e. The maximum Gasteiger partial charge on any atom is 0.433 e. The van der Waals surface area contributed by atoms with Crippen molar-refractivity contribution in [1.82, 2.24) is 9.88 Å². The molecule has 3 heterocycles. The third-order valence-electron chi connectivity index (χ3n) is 3.82. The van der Waals surface area contributed by atoms with Crippen LogP contribution in [0.3, 0.4) is 0 Å². The van der Waals surface area contributed by atoms with Crippen molar-refractivity contribution in [3.8, 4) is 0 Å². The van der Waals surface area contributed by atoms with Crippen molar-refractivity contribution in [2.45, 2.75) is 12.2 Å². The van der Waals surface area contributed by atoms with Crippen LogP contribution >= 0.6 is 11.8 Å². The number of thioether (sulfide) groups is 1. The lowest BCUT2D eigenvalue weighted by atomic mass is 10.1. The van der Waals surface area contributed by atoms with Crippen LogP contribution < -0.4 is 4.90 Å². The molecule has 0 N–H and O–H groups in total. The number of aromatic nitrogens is 1.